The predicted molar refractivity (Wildman–Crippen MR) is 102 cm³/mol. The number of ether oxygens (including phenoxy) is 1. The second-order valence-electron chi connectivity index (χ2n) is 6.76. The maximum Gasteiger partial charge on any atom is 0.309 e. The maximum atomic E-state index is 13.9. The number of rotatable bonds is 5. The summed E-state index contributed by atoms with van der Waals surface area (Å²) >= 11 is 1.33. The number of nitrogens with zero attached hydrogens (tertiary/aromatic N) is 4. The summed E-state index contributed by atoms with van der Waals surface area (Å²) in [5.74, 6) is -0.603. The van der Waals surface area contributed by atoms with Crippen LogP contribution in [-0.4, -0.2) is 50.3 Å². The molecule has 1 atom stereocenters. The van der Waals surface area contributed by atoms with Gasteiger partial charge < -0.3 is 9.84 Å². The van der Waals surface area contributed by atoms with Crippen molar-refractivity contribution in [2.75, 3.05) is 19.7 Å². The highest BCUT2D eigenvalue weighted by Crippen LogP contribution is 2.41. The summed E-state index contributed by atoms with van der Waals surface area (Å²) in [4.78, 5) is 19.6. The summed E-state index contributed by atoms with van der Waals surface area (Å²) in [5.41, 5.74) is 0.745. The second kappa shape index (κ2) is 7.84. The SMILES string of the molecule is CCOC(=O)C1CCN([C@@H](c2cccc(F)c2)c2sc3ncnn3c2O)CC1. The lowest BCUT2D eigenvalue weighted by Gasteiger charge is -2.36. The molecule has 1 aromatic carbocycles. The molecule has 0 amide bonds. The van der Waals surface area contributed by atoms with E-state index in [4.69, 9.17) is 4.74 Å². The number of benzene rings is 1. The van der Waals surface area contributed by atoms with Gasteiger partial charge in [0, 0.05) is 0 Å². The summed E-state index contributed by atoms with van der Waals surface area (Å²) in [5, 5.41) is 14.7. The van der Waals surface area contributed by atoms with Gasteiger partial charge in [0.05, 0.1) is 23.4 Å². The number of hydrogen-bond acceptors (Lipinski definition) is 7. The van der Waals surface area contributed by atoms with Crippen molar-refractivity contribution in [1.82, 2.24) is 19.5 Å². The first-order valence-electron chi connectivity index (χ1n) is 9.26. The van der Waals surface area contributed by atoms with E-state index >= 15 is 0 Å². The van der Waals surface area contributed by atoms with Crippen molar-refractivity contribution in [3.8, 4) is 5.88 Å². The molecular weight excluding hydrogens is 383 g/mol. The molecule has 0 spiro atoms. The van der Waals surface area contributed by atoms with Crippen LogP contribution in [0.5, 0.6) is 5.88 Å². The first-order valence-corrected chi connectivity index (χ1v) is 10.1. The highest BCUT2D eigenvalue weighted by molar-refractivity contribution is 7.17. The van der Waals surface area contributed by atoms with Crippen LogP contribution in [0.15, 0.2) is 30.6 Å². The van der Waals surface area contributed by atoms with Crippen LogP contribution in [0.3, 0.4) is 0 Å². The molecule has 0 radical (unpaired) electrons. The Labute approximate surface area is 165 Å². The molecule has 3 heterocycles. The van der Waals surface area contributed by atoms with Crippen LogP contribution >= 0.6 is 11.3 Å². The Morgan fingerprint density at radius 2 is 2.21 bits per heavy atom. The highest BCUT2D eigenvalue weighted by atomic mass is 32.1. The molecule has 1 aliphatic rings. The van der Waals surface area contributed by atoms with Crippen molar-refractivity contribution in [1.29, 1.82) is 0 Å². The number of halogens is 1. The van der Waals surface area contributed by atoms with E-state index in [2.05, 4.69) is 15.0 Å². The topological polar surface area (TPSA) is 80.0 Å². The minimum absolute atomic E-state index is 0.0132. The van der Waals surface area contributed by atoms with Gasteiger partial charge in [-0.05, 0) is 50.6 Å². The predicted octanol–water partition coefficient (Wildman–Crippen LogP) is 3.00. The molecule has 1 fully saturated rings. The Hall–Kier alpha value is -2.52. The minimum Gasteiger partial charge on any atom is -0.492 e. The van der Waals surface area contributed by atoms with Crippen LogP contribution in [0.4, 0.5) is 4.39 Å². The van der Waals surface area contributed by atoms with E-state index in [0.29, 0.717) is 42.4 Å². The Kier molecular flexibility index (Phi) is 5.27. The molecule has 9 heteroatoms. The molecule has 1 N–H and O–H groups in total. The average Bonchev–Trinajstić information content (AvgIpc) is 3.27. The second-order valence-corrected chi connectivity index (χ2v) is 7.77. The van der Waals surface area contributed by atoms with Crippen molar-refractivity contribution in [3.05, 3.63) is 46.9 Å². The fraction of sp³-hybridized carbons (Fsp3) is 0.421. The van der Waals surface area contributed by atoms with Gasteiger partial charge >= 0.3 is 5.97 Å². The number of carbonyl (C=O) groups excluding carboxylic acids is 1. The molecule has 1 aliphatic heterocycles. The lowest BCUT2D eigenvalue weighted by molar-refractivity contribution is -0.149. The fourth-order valence-corrected chi connectivity index (χ4v) is 4.82. The summed E-state index contributed by atoms with van der Waals surface area (Å²) < 4.78 is 20.5. The van der Waals surface area contributed by atoms with Crippen LogP contribution in [0, 0.1) is 11.7 Å². The third-order valence-corrected chi connectivity index (χ3v) is 6.15. The molecule has 0 saturated carbocycles. The van der Waals surface area contributed by atoms with Crippen molar-refractivity contribution >= 4 is 22.3 Å². The zero-order valence-electron chi connectivity index (χ0n) is 15.4. The molecule has 0 aliphatic carbocycles. The zero-order valence-corrected chi connectivity index (χ0v) is 16.2. The Balaban J connectivity index is 1.66. The van der Waals surface area contributed by atoms with E-state index < -0.39 is 0 Å². The Bertz CT molecular complexity index is 981. The van der Waals surface area contributed by atoms with Crippen molar-refractivity contribution in [2.45, 2.75) is 25.8 Å². The number of aromatic hydroxyl groups is 1. The van der Waals surface area contributed by atoms with Crippen LogP contribution in [0.1, 0.15) is 36.2 Å². The number of piperidine rings is 1. The minimum atomic E-state index is -0.340. The molecule has 148 valence electrons. The molecular formula is C19H21FN4O3S. The van der Waals surface area contributed by atoms with E-state index in [0.717, 1.165) is 5.56 Å². The smallest absolute Gasteiger partial charge is 0.309 e. The third-order valence-electron chi connectivity index (χ3n) is 5.07. The lowest BCUT2D eigenvalue weighted by Crippen LogP contribution is -2.39. The molecule has 0 bridgehead atoms. The number of carbonyl (C=O) groups is 1. The van der Waals surface area contributed by atoms with Gasteiger partial charge in [-0.3, -0.25) is 9.69 Å². The maximum absolute atomic E-state index is 13.9. The Morgan fingerprint density at radius 1 is 1.43 bits per heavy atom. The molecule has 0 unspecified atom stereocenters. The zero-order chi connectivity index (χ0) is 19.7. The monoisotopic (exact) mass is 404 g/mol. The van der Waals surface area contributed by atoms with E-state index in [1.54, 1.807) is 13.0 Å². The third kappa shape index (κ3) is 3.47. The summed E-state index contributed by atoms with van der Waals surface area (Å²) in [7, 11) is 0. The number of esters is 1. The summed E-state index contributed by atoms with van der Waals surface area (Å²) in [6, 6.07) is 6.05. The largest absolute Gasteiger partial charge is 0.492 e. The van der Waals surface area contributed by atoms with Crippen LogP contribution in [-0.2, 0) is 9.53 Å². The lowest BCUT2D eigenvalue weighted by atomic mass is 9.93. The summed E-state index contributed by atoms with van der Waals surface area (Å²) in [6.45, 7) is 3.45. The molecule has 1 saturated heterocycles. The molecule has 2 aromatic heterocycles. The average molecular weight is 404 g/mol. The standard InChI is InChI=1S/C19H21FN4O3S/c1-2-27-18(26)12-6-8-23(9-7-12)15(13-4-3-5-14(20)10-13)16-17(25)24-19(28-16)21-11-22-24/h3-5,10-12,15,25H,2,6-9H2,1H3/t15-/m0/s1. The van der Waals surface area contributed by atoms with Gasteiger partial charge in [0.15, 0.2) is 0 Å². The van der Waals surface area contributed by atoms with Gasteiger partial charge in [0.2, 0.25) is 10.8 Å². The van der Waals surface area contributed by atoms with Crippen LogP contribution < -0.4 is 0 Å². The first kappa shape index (κ1) is 18.8. The van der Waals surface area contributed by atoms with Gasteiger partial charge in [-0.1, -0.05) is 23.5 Å². The highest BCUT2D eigenvalue weighted by Gasteiger charge is 2.34. The van der Waals surface area contributed by atoms with Crippen molar-refractivity contribution in [3.63, 3.8) is 0 Å². The van der Waals surface area contributed by atoms with E-state index in [1.165, 1.54) is 34.3 Å². The quantitative estimate of drug-likeness (QED) is 0.659. The van der Waals surface area contributed by atoms with Gasteiger partial charge in [-0.25, -0.2) is 9.37 Å². The van der Waals surface area contributed by atoms with Gasteiger partial charge in [0.25, 0.3) is 0 Å². The van der Waals surface area contributed by atoms with E-state index in [-0.39, 0.29) is 29.6 Å². The van der Waals surface area contributed by atoms with E-state index in [9.17, 15) is 14.3 Å². The molecule has 28 heavy (non-hydrogen) atoms. The van der Waals surface area contributed by atoms with Gasteiger partial charge in [-0.15, -0.1) is 0 Å². The number of fused-ring (bicyclic) bond motifs is 1. The normalized spacial score (nSPS) is 17.1. The van der Waals surface area contributed by atoms with Gasteiger partial charge in [0.1, 0.15) is 12.1 Å². The number of thiazole rings is 1. The first-order chi connectivity index (χ1) is 13.6. The van der Waals surface area contributed by atoms with Crippen LogP contribution in [0.25, 0.3) is 4.96 Å². The molecule has 7 nitrogen and oxygen atoms in total. The van der Waals surface area contributed by atoms with Crippen molar-refractivity contribution < 1.29 is 19.0 Å². The van der Waals surface area contributed by atoms with Crippen molar-refractivity contribution in [2.24, 2.45) is 5.92 Å². The number of likely N-dealkylation sites (tertiary alicyclic amines) is 1. The molecule has 4 rings (SSSR count). The van der Waals surface area contributed by atoms with Crippen LogP contribution in [0.2, 0.25) is 0 Å². The summed E-state index contributed by atoms with van der Waals surface area (Å²) in [6.07, 6.45) is 2.70. The number of hydrogen-bond donors (Lipinski definition) is 1. The van der Waals surface area contributed by atoms with Gasteiger partial charge in [-0.2, -0.15) is 9.61 Å². The van der Waals surface area contributed by atoms with E-state index in [1.807, 2.05) is 6.07 Å². The fourth-order valence-electron chi connectivity index (χ4n) is 3.73. The molecule has 3 aromatic rings. The Morgan fingerprint density at radius 3 is 2.89 bits per heavy atom. The number of aromatic nitrogens is 3.